The first-order valence-electron chi connectivity index (χ1n) is 9.24. The lowest BCUT2D eigenvalue weighted by Crippen LogP contribution is -2.10. The van der Waals surface area contributed by atoms with E-state index >= 15 is 0 Å². The van der Waals surface area contributed by atoms with Gasteiger partial charge in [0.2, 0.25) is 0 Å². The first kappa shape index (κ1) is 16.6. The SMILES string of the molecule is Cc1cc(-c2nc3ccc(C4(c5ccccc5)CC4)nc3s2)ccc1CO. The topological polar surface area (TPSA) is 46.0 Å². The molecule has 0 radical (unpaired) electrons. The lowest BCUT2D eigenvalue weighted by atomic mass is 9.92. The number of aryl methyl sites for hydroxylation is 1. The molecule has 2 aromatic carbocycles. The van der Waals surface area contributed by atoms with E-state index in [1.165, 1.54) is 5.56 Å². The summed E-state index contributed by atoms with van der Waals surface area (Å²) >= 11 is 1.64. The Morgan fingerprint density at radius 3 is 2.52 bits per heavy atom. The molecule has 2 aromatic heterocycles. The molecule has 1 aliphatic carbocycles. The van der Waals surface area contributed by atoms with Gasteiger partial charge in [-0.15, -0.1) is 0 Å². The second-order valence-electron chi connectivity index (χ2n) is 7.29. The molecular formula is C23H20N2OS. The Bertz CT molecular complexity index is 1130. The summed E-state index contributed by atoms with van der Waals surface area (Å²) in [5.74, 6) is 0. The van der Waals surface area contributed by atoms with Gasteiger partial charge in [0.05, 0.1) is 12.3 Å². The highest BCUT2D eigenvalue weighted by Gasteiger charge is 2.47. The Labute approximate surface area is 162 Å². The fourth-order valence-corrected chi connectivity index (χ4v) is 4.72. The summed E-state index contributed by atoms with van der Waals surface area (Å²) in [6, 6.07) is 21.1. The summed E-state index contributed by atoms with van der Waals surface area (Å²) in [5.41, 5.74) is 6.67. The maximum atomic E-state index is 9.38. The Kier molecular flexibility index (Phi) is 3.85. The van der Waals surface area contributed by atoms with E-state index in [0.29, 0.717) is 0 Å². The minimum absolute atomic E-state index is 0.0679. The van der Waals surface area contributed by atoms with Crippen LogP contribution in [0.4, 0.5) is 0 Å². The van der Waals surface area contributed by atoms with Crippen molar-refractivity contribution in [1.29, 1.82) is 0 Å². The molecular weight excluding hydrogens is 352 g/mol. The van der Waals surface area contributed by atoms with Gasteiger partial charge < -0.3 is 5.11 Å². The van der Waals surface area contributed by atoms with Gasteiger partial charge in [-0.25, -0.2) is 9.97 Å². The molecule has 4 heteroatoms. The van der Waals surface area contributed by atoms with Crippen LogP contribution in [0.25, 0.3) is 20.9 Å². The van der Waals surface area contributed by atoms with Crippen LogP contribution in [0, 0.1) is 6.92 Å². The number of nitrogens with zero attached hydrogens (tertiary/aromatic N) is 2. The van der Waals surface area contributed by atoms with Gasteiger partial charge >= 0.3 is 0 Å². The number of aromatic nitrogens is 2. The molecule has 0 bridgehead atoms. The highest BCUT2D eigenvalue weighted by molar-refractivity contribution is 7.21. The quantitative estimate of drug-likeness (QED) is 0.533. The van der Waals surface area contributed by atoms with Crippen molar-refractivity contribution in [2.24, 2.45) is 0 Å². The second kappa shape index (κ2) is 6.25. The molecule has 5 rings (SSSR count). The van der Waals surface area contributed by atoms with Crippen LogP contribution in [-0.2, 0) is 12.0 Å². The van der Waals surface area contributed by atoms with Crippen LogP contribution >= 0.6 is 11.3 Å². The van der Waals surface area contributed by atoms with Gasteiger partial charge in [-0.2, -0.15) is 0 Å². The van der Waals surface area contributed by atoms with Gasteiger partial charge in [-0.05, 0) is 54.7 Å². The van der Waals surface area contributed by atoms with Crippen molar-refractivity contribution in [2.75, 3.05) is 0 Å². The molecule has 0 aliphatic heterocycles. The molecule has 0 spiro atoms. The predicted octanol–water partition coefficient (Wildman–Crippen LogP) is 5.24. The van der Waals surface area contributed by atoms with Crippen LogP contribution < -0.4 is 0 Å². The van der Waals surface area contributed by atoms with Gasteiger partial charge in [0, 0.05) is 11.0 Å². The van der Waals surface area contributed by atoms with Gasteiger partial charge in [0.25, 0.3) is 0 Å². The highest BCUT2D eigenvalue weighted by atomic mass is 32.1. The average Bonchev–Trinajstić information content (AvgIpc) is 3.41. The Hall–Kier alpha value is -2.56. The molecule has 134 valence electrons. The number of rotatable bonds is 4. The molecule has 4 aromatic rings. The number of aliphatic hydroxyl groups is 1. The predicted molar refractivity (Wildman–Crippen MR) is 110 cm³/mol. The summed E-state index contributed by atoms with van der Waals surface area (Å²) in [5, 5.41) is 10.4. The monoisotopic (exact) mass is 372 g/mol. The first-order valence-corrected chi connectivity index (χ1v) is 10.1. The van der Waals surface area contributed by atoms with Crippen molar-refractivity contribution in [3.8, 4) is 10.6 Å². The van der Waals surface area contributed by atoms with Gasteiger partial charge in [-0.1, -0.05) is 53.8 Å². The van der Waals surface area contributed by atoms with E-state index in [0.717, 1.165) is 50.6 Å². The molecule has 2 heterocycles. The van der Waals surface area contributed by atoms with Crippen LogP contribution in [-0.4, -0.2) is 15.1 Å². The van der Waals surface area contributed by atoms with Crippen LogP contribution in [0.5, 0.6) is 0 Å². The van der Waals surface area contributed by atoms with Crippen LogP contribution in [0.1, 0.15) is 35.2 Å². The van der Waals surface area contributed by atoms with Gasteiger partial charge in [-0.3, -0.25) is 0 Å². The summed E-state index contributed by atoms with van der Waals surface area (Å²) in [4.78, 5) is 10.8. The normalized spacial score (nSPS) is 15.2. The van der Waals surface area contributed by atoms with Crippen molar-refractivity contribution in [2.45, 2.75) is 31.8 Å². The van der Waals surface area contributed by atoms with E-state index in [1.54, 1.807) is 11.3 Å². The summed E-state index contributed by atoms with van der Waals surface area (Å²) < 4.78 is 0. The smallest absolute Gasteiger partial charge is 0.144 e. The molecule has 0 unspecified atom stereocenters. The van der Waals surface area contributed by atoms with Crippen molar-refractivity contribution >= 4 is 21.7 Å². The third-order valence-corrected chi connectivity index (χ3v) is 6.60. The highest BCUT2D eigenvalue weighted by Crippen LogP contribution is 2.53. The second-order valence-corrected chi connectivity index (χ2v) is 8.26. The minimum atomic E-state index is 0.0679. The third-order valence-electron chi connectivity index (χ3n) is 5.58. The largest absolute Gasteiger partial charge is 0.392 e. The molecule has 27 heavy (non-hydrogen) atoms. The van der Waals surface area contributed by atoms with Crippen molar-refractivity contribution < 1.29 is 5.11 Å². The Morgan fingerprint density at radius 1 is 1.00 bits per heavy atom. The number of benzene rings is 2. The zero-order valence-electron chi connectivity index (χ0n) is 15.1. The lowest BCUT2D eigenvalue weighted by Gasteiger charge is -2.14. The standard InChI is InChI=1S/C23H20N2OS/c1-15-13-16(7-8-17(15)14-26)21-24-19-9-10-20(25-22(19)27-21)23(11-12-23)18-5-3-2-4-6-18/h2-10,13,26H,11-12,14H2,1H3. The average molecular weight is 372 g/mol. The first-order chi connectivity index (χ1) is 13.2. The fraction of sp³-hybridized carbons (Fsp3) is 0.217. The van der Waals surface area contributed by atoms with Crippen molar-refractivity contribution in [3.05, 3.63) is 83.0 Å². The number of thiazole rings is 1. The Balaban J connectivity index is 1.55. The van der Waals surface area contributed by atoms with E-state index in [2.05, 4.69) is 48.5 Å². The number of hydrogen-bond acceptors (Lipinski definition) is 4. The summed E-state index contributed by atoms with van der Waals surface area (Å²) in [7, 11) is 0. The van der Waals surface area contributed by atoms with Crippen LogP contribution in [0.3, 0.4) is 0 Å². The zero-order chi connectivity index (χ0) is 18.4. The molecule has 1 saturated carbocycles. The third kappa shape index (κ3) is 2.76. The van der Waals surface area contributed by atoms with Crippen molar-refractivity contribution in [3.63, 3.8) is 0 Å². The zero-order valence-corrected chi connectivity index (χ0v) is 16.0. The summed E-state index contributed by atoms with van der Waals surface area (Å²) in [6.45, 7) is 2.09. The van der Waals surface area contributed by atoms with Crippen LogP contribution in [0.2, 0.25) is 0 Å². The number of pyridine rings is 1. The molecule has 1 N–H and O–H groups in total. The number of fused-ring (bicyclic) bond motifs is 1. The molecule has 0 amide bonds. The molecule has 1 fully saturated rings. The number of hydrogen-bond donors (Lipinski definition) is 1. The van der Waals surface area contributed by atoms with Gasteiger partial charge in [0.1, 0.15) is 15.4 Å². The number of aliphatic hydroxyl groups excluding tert-OH is 1. The molecule has 3 nitrogen and oxygen atoms in total. The van der Waals surface area contributed by atoms with E-state index in [9.17, 15) is 5.11 Å². The maximum absolute atomic E-state index is 9.38. The fourth-order valence-electron chi connectivity index (χ4n) is 3.79. The molecule has 1 aliphatic rings. The summed E-state index contributed by atoms with van der Waals surface area (Å²) in [6.07, 6.45) is 2.31. The molecule has 0 atom stereocenters. The van der Waals surface area contributed by atoms with Crippen molar-refractivity contribution in [1.82, 2.24) is 9.97 Å². The maximum Gasteiger partial charge on any atom is 0.144 e. The van der Waals surface area contributed by atoms with E-state index in [-0.39, 0.29) is 12.0 Å². The van der Waals surface area contributed by atoms with E-state index in [1.807, 2.05) is 19.1 Å². The van der Waals surface area contributed by atoms with Crippen LogP contribution in [0.15, 0.2) is 60.7 Å². The Morgan fingerprint density at radius 2 is 1.81 bits per heavy atom. The minimum Gasteiger partial charge on any atom is -0.392 e. The van der Waals surface area contributed by atoms with Gasteiger partial charge in [0.15, 0.2) is 0 Å². The van der Waals surface area contributed by atoms with E-state index in [4.69, 9.17) is 9.97 Å². The van der Waals surface area contributed by atoms with E-state index < -0.39 is 0 Å². The lowest BCUT2D eigenvalue weighted by molar-refractivity contribution is 0.281. The molecule has 0 saturated heterocycles.